The molecule has 5 rings (SSSR count). The SMILES string of the molecule is Cc1cc(OCc2ccc(C(=O)Nc3c(C(N)=O)sc4nc(C(F)F)cc(-c5ccco5)c34)o2)ccc1Cl. The van der Waals surface area contributed by atoms with Gasteiger partial charge >= 0.3 is 0 Å². The molecule has 2 amide bonds. The normalized spacial score (nSPS) is 11.3. The van der Waals surface area contributed by atoms with Crippen LogP contribution in [-0.4, -0.2) is 16.8 Å². The van der Waals surface area contributed by atoms with Gasteiger partial charge in [0.2, 0.25) is 0 Å². The number of fused-ring (bicyclic) bond motifs is 1. The molecule has 0 saturated carbocycles. The Morgan fingerprint density at radius 1 is 1.21 bits per heavy atom. The van der Waals surface area contributed by atoms with E-state index in [9.17, 15) is 18.4 Å². The third kappa shape index (κ3) is 4.98. The molecule has 12 heteroatoms. The summed E-state index contributed by atoms with van der Waals surface area (Å²) in [5, 5.41) is 3.49. The molecular weight excluding hydrogens is 540 g/mol. The molecule has 5 aromatic rings. The Morgan fingerprint density at radius 2 is 2.03 bits per heavy atom. The first-order chi connectivity index (χ1) is 18.2. The van der Waals surface area contributed by atoms with Gasteiger partial charge in [-0.2, -0.15) is 0 Å². The number of benzene rings is 1. The molecule has 38 heavy (non-hydrogen) atoms. The maximum atomic E-state index is 13.5. The van der Waals surface area contributed by atoms with E-state index in [1.54, 1.807) is 36.4 Å². The Balaban J connectivity index is 1.46. The molecule has 194 valence electrons. The number of furan rings is 2. The number of nitrogens with zero attached hydrogens (tertiary/aromatic N) is 1. The summed E-state index contributed by atoms with van der Waals surface area (Å²) in [6, 6.07) is 12.5. The number of hydrogen-bond acceptors (Lipinski definition) is 7. The standard InChI is InChI=1S/C26H18ClF2N3O5S/c1-12-9-13(4-6-16(12)27)36-11-14-5-7-19(37-14)25(34)32-21-20-15(18-3-2-8-35-18)10-17(23(28)29)31-26(20)38-22(21)24(30)33/h2-10,23H,11H2,1H3,(H2,30,33)(H,32,34). The molecule has 8 nitrogen and oxygen atoms in total. The molecule has 0 saturated heterocycles. The smallest absolute Gasteiger partial charge is 0.291 e. The molecule has 1 aromatic carbocycles. The molecule has 0 atom stereocenters. The molecule has 0 spiro atoms. The number of alkyl halides is 2. The number of rotatable bonds is 8. The van der Waals surface area contributed by atoms with Crippen LogP contribution in [0.4, 0.5) is 14.5 Å². The van der Waals surface area contributed by atoms with E-state index in [1.165, 1.54) is 12.3 Å². The van der Waals surface area contributed by atoms with Gasteiger partial charge in [-0.15, -0.1) is 11.3 Å². The summed E-state index contributed by atoms with van der Waals surface area (Å²) < 4.78 is 43.8. The predicted octanol–water partition coefficient (Wildman–Crippen LogP) is 6.98. The van der Waals surface area contributed by atoms with E-state index < -0.39 is 23.9 Å². The van der Waals surface area contributed by atoms with Crippen molar-refractivity contribution in [1.29, 1.82) is 0 Å². The molecule has 0 radical (unpaired) electrons. The number of carbonyl (C=O) groups is 2. The van der Waals surface area contributed by atoms with E-state index in [4.69, 9.17) is 30.9 Å². The Bertz CT molecular complexity index is 1660. The summed E-state index contributed by atoms with van der Waals surface area (Å²) in [5.74, 6) is -0.428. The van der Waals surface area contributed by atoms with Crippen LogP contribution in [0.2, 0.25) is 5.02 Å². The summed E-state index contributed by atoms with van der Waals surface area (Å²) >= 11 is 6.82. The first kappa shape index (κ1) is 25.4. The highest BCUT2D eigenvalue weighted by atomic mass is 35.5. The van der Waals surface area contributed by atoms with Crippen LogP contribution in [-0.2, 0) is 6.61 Å². The van der Waals surface area contributed by atoms with Crippen molar-refractivity contribution in [3.63, 3.8) is 0 Å². The van der Waals surface area contributed by atoms with Crippen LogP contribution in [0.15, 0.2) is 63.6 Å². The summed E-state index contributed by atoms with van der Waals surface area (Å²) in [4.78, 5) is 29.3. The van der Waals surface area contributed by atoms with Crippen LogP contribution >= 0.6 is 22.9 Å². The highest BCUT2D eigenvalue weighted by Gasteiger charge is 2.26. The van der Waals surface area contributed by atoms with Gasteiger partial charge in [-0.3, -0.25) is 9.59 Å². The second-order valence-electron chi connectivity index (χ2n) is 8.14. The number of aromatic nitrogens is 1. The number of thiophene rings is 1. The average molecular weight is 558 g/mol. The van der Waals surface area contributed by atoms with Crippen molar-refractivity contribution in [2.75, 3.05) is 5.32 Å². The number of amides is 2. The van der Waals surface area contributed by atoms with Crippen molar-refractivity contribution in [3.05, 3.63) is 87.5 Å². The third-order valence-electron chi connectivity index (χ3n) is 5.55. The molecule has 0 aliphatic carbocycles. The molecule has 0 bridgehead atoms. The lowest BCUT2D eigenvalue weighted by molar-refractivity contribution is 0.0992. The van der Waals surface area contributed by atoms with Gasteiger partial charge in [0.1, 0.15) is 39.3 Å². The number of ether oxygens (including phenoxy) is 1. The number of aryl methyl sites for hydroxylation is 1. The van der Waals surface area contributed by atoms with Crippen LogP contribution in [0.25, 0.3) is 21.5 Å². The number of nitrogens with two attached hydrogens (primary N) is 1. The molecule has 4 aromatic heterocycles. The van der Waals surface area contributed by atoms with Crippen LogP contribution in [0.3, 0.4) is 0 Å². The van der Waals surface area contributed by atoms with Gasteiger partial charge in [-0.25, -0.2) is 13.8 Å². The van der Waals surface area contributed by atoms with Crippen LogP contribution < -0.4 is 15.8 Å². The second-order valence-corrected chi connectivity index (χ2v) is 9.55. The monoisotopic (exact) mass is 557 g/mol. The first-order valence-electron chi connectivity index (χ1n) is 11.1. The minimum absolute atomic E-state index is 0.0213. The Hall–Kier alpha value is -4.22. The minimum Gasteiger partial charge on any atom is -0.486 e. The maximum absolute atomic E-state index is 13.5. The van der Waals surface area contributed by atoms with E-state index in [0.717, 1.165) is 23.0 Å². The fraction of sp³-hybridized carbons (Fsp3) is 0.115. The zero-order chi connectivity index (χ0) is 27.0. The summed E-state index contributed by atoms with van der Waals surface area (Å²) in [7, 11) is 0. The van der Waals surface area contributed by atoms with Gasteiger partial charge in [-0.1, -0.05) is 11.6 Å². The van der Waals surface area contributed by atoms with E-state index >= 15 is 0 Å². The van der Waals surface area contributed by atoms with Crippen LogP contribution in [0.1, 0.15) is 43.7 Å². The van der Waals surface area contributed by atoms with Gasteiger partial charge in [0.25, 0.3) is 18.2 Å². The first-order valence-corrected chi connectivity index (χ1v) is 12.3. The van der Waals surface area contributed by atoms with Gasteiger partial charge in [-0.05, 0) is 61.0 Å². The Kier molecular flexibility index (Phi) is 6.87. The van der Waals surface area contributed by atoms with Crippen molar-refractivity contribution < 1.29 is 31.9 Å². The minimum atomic E-state index is -2.87. The van der Waals surface area contributed by atoms with Crippen molar-refractivity contribution >= 4 is 50.7 Å². The van der Waals surface area contributed by atoms with Crippen LogP contribution in [0.5, 0.6) is 5.75 Å². The molecule has 0 unspecified atom stereocenters. The number of anilines is 1. The number of pyridine rings is 1. The molecule has 0 aliphatic rings. The van der Waals surface area contributed by atoms with Gasteiger partial charge < -0.3 is 24.6 Å². The highest BCUT2D eigenvalue weighted by Crippen LogP contribution is 2.42. The number of halogens is 3. The molecule has 0 aliphatic heterocycles. The molecular formula is C26H18ClF2N3O5S. The number of primary amides is 1. The van der Waals surface area contributed by atoms with E-state index in [2.05, 4.69) is 10.3 Å². The predicted molar refractivity (Wildman–Crippen MR) is 138 cm³/mol. The van der Waals surface area contributed by atoms with Gasteiger partial charge in [0.15, 0.2) is 5.76 Å². The van der Waals surface area contributed by atoms with Gasteiger partial charge in [0, 0.05) is 16.0 Å². The van der Waals surface area contributed by atoms with Crippen molar-refractivity contribution in [2.45, 2.75) is 20.0 Å². The van der Waals surface area contributed by atoms with Gasteiger partial charge in [0.05, 0.1) is 12.0 Å². The average Bonchev–Trinajstić information content (AvgIpc) is 3.64. The largest absolute Gasteiger partial charge is 0.486 e. The lowest BCUT2D eigenvalue weighted by Gasteiger charge is -2.09. The third-order valence-corrected chi connectivity index (χ3v) is 7.07. The van der Waals surface area contributed by atoms with Crippen molar-refractivity contribution in [2.24, 2.45) is 5.73 Å². The zero-order valence-electron chi connectivity index (χ0n) is 19.6. The molecule has 3 N–H and O–H groups in total. The topological polar surface area (TPSA) is 121 Å². The maximum Gasteiger partial charge on any atom is 0.291 e. The summed E-state index contributed by atoms with van der Waals surface area (Å²) in [6.07, 6.45) is -1.49. The van der Waals surface area contributed by atoms with Crippen molar-refractivity contribution in [1.82, 2.24) is 4.98 Å². The Morgan fingerprint density at radius 3 is 2.71 bits per heavy atom. The lowest BCUT2D eigenvalue weighted by atomic mass is 10.1. The Labute approximate surface area is 223 Å². The fourth-order valence-corrected chi connectivity index (χ4v) is 4.89. The lowest BCUT2D eigenvalue weighted by Crippen LogP contribution is -2.16. The number of hydrogen-bond donors (Lipinski definition) is 2. The van der Waals surface area contributed by atoms with Crippen molar-refractivity contribution in [3.8, 4) is 17.1 Å². The second kappa shape index (κ2) is 10.3. The summed E-state index contributed by atoms with van der Waals surface area (Å²) in [5.41, 5.74) is 6.13. The van der Waals surface area contributed by atoms with E-state index in [0.29, 0.717) is 16.5 Å². The summed E-state index contributed by atoms with van der Waals surface area (Å²) in [6.45, 7) is 1.89. The molecule has 4 heterocycles. The molecule has 0 fully saturated rings. The number of nitrogens with one attached hydrogen (secondary N) is 1. The zero-order valence-corrected chi connectivity index (χ0v) is 21.2. The van der Waals surface area contributed by atoms with E-state index in [-0.39, 0.29) is 44.5 Å². The highest BCUT2D eigenvalue weighted by molar-refractivity contribution is 7.21. The number of carbonyl (C=O) groups excluding carboxylic acids is 2. The quantitative estimate of drug-likeness (QED) is 0.212. The fourth-order valence-electron chi connectivity index (χ4n) is 3.76. The van der Waals surface area contributed by atoms with E-state index in [1.807, 2.05) is 6.92 Å². The van der Waals surface area contributed by atoms with Crippen LogP contribution in [0, 0.1) is 6.92 Å².